The molecule has 1 aliphatic rings. The number of amides is 1. The summed E-state index contributed by atoms with van der Waals surface area (Å²) in [5.41, 5.74) is 1.13. The van der Waals surface area contributed by atoms with Gasteiger partial charge in [-0.2, -0.15) is 0 Å². The highest BCUT2D eigenvalue weighted by atomic mass is 16.1. The molecule has 1 aromatic rings. The van der Waals surface area contributed by atoms with Crippen molar-refractivity contribution in [2.45, 2.75) is 19.3 Å². The van der Waals surface area contributed by atoms with Crippen LogP contribution in [0.2, 0.25) is 0 Å². The number of hydrogen-bond donors (Lipinski definition) is 3. The molecule has 1 fully saturated rings. The number of nitrogens with one attached hydrogen (secondary N) is 3. The first-order valence-electron chi connectivity index (χ1n) is 7.13. The molecular weight excluding hydrogens is 238 g/mol. The van der Waals surface area contributed by atoms with Crippen molar-refractivity contribution in [3.63, 3.8) is 0 Å². The van der Waals surface area contributed by atoms with Crippen molar-refractivity contribution in [3.8, 4) is 0 Å². The van der Waals surface area contributed by atoms with Gasteiger partial charge in [0.2, 0.25) is 5.91 Å². The summed E-state index contributed by atoms with van der Waals surface area (Å²) in [5, 5.41) is 9.64. The summed E-state index contributed by atoms with van der Waals surface area (Å²) in [4.78, 5) is 11.9. The van der Waals surface area contributed by atoms with Gasteiger partial charge in [0.05, 0.1) is 0 Å². The Balaban J connectivity index is 1.55. The Morgan fingerprint density at radius 1 is 1.16 bits per heavy atom. The van der Waals surface area contributed by atoms with Crippen LogP contribution in [-0.2, 0) is 4.79 Å². The molecule has 0 radical (unpaired) electrons. The molecule has 0 bridgehead atoms. The summed E-state index contributed by atoms with van der Waals surface area (Å²) in [6.07, 6.45) is 2.88. The molecule has 4 heteroatoms. The van der Waals surface area contributed by atoms with Gasteiger partial charge >= 0.3 is 0 Å². The van der Waals surface area contributed by atoms with Gasteiger partial charge in [-0.05, 0) is 44.5 Å². The molecule has 1 aliphatic heterocycles. The fourth-order valence-corrected chi connectivity index (χ4v) is 2.32. The first kappa shape index (κ1) is 13.9. The maximum Gasteiger partial charge on any atom is 0.223 e. The highest BCUT2D eigenvalue weighted by molar-refractivity contribution is 5.78. The normalized spacial score (nSPS) is 16.0. The molecule has 0 aliphatic carbocycles. The highest BCUT2D eigenvalue weighted by Gasteiger charge is 2.19. The largest absolute Gasteiger partial charge is 0.385 e. The Bertz CT molecular complexity index is 374. The van der Waals surface area contributed by atoms with Crippen molar-refractivity contribution < 1.29 is 4.79 Å². The van der Waals surface area contributed by atoms with E-state index in [4.69, 9.17) is 0 Å². The molecule has 1 amide bonds. The smallest absolute Gasteiger partial charge is 0.223 e. The third-order valence-electron chi connectivity index (χ3n) is 3.47. The summed E-state index contributed by atoms with van der Waals surface area (Å²) < 4.78 is 0. The monoisotopic (exact) mass is 261 g/mol. The Morgan fingerprint density at radius 2 is 1.89 bits per heavy atom. The Labute approximate surface area is 115 Å². The molecule has 2 rings (SSSR count). The van der Waals surface area contributed by atoms with E-state index in [0.29, 0.717) is 0 Å². The quantitative estimate of drug-likeness (QED) is 0.682. The van der Waals surface area contributed by atoms with Crippen molar-refractivity contribution in [2.75, 3.05) is 31.5 Å². The van der Waals surface area contributed by atoms with Crippen LogP contribution in [0.5, 0.6) is 0 Å². The third kappa shape index (κ3) is 4.91. The Kier molecular flexibility index (Phi) is 5.69. The van der Waals surface area contributed by atoms with Crippen LogP contribution in [0.15, 0.2) is 30.3 Å². The molecule has 0 saturated carbocycles. The first-order valence-corrected chi connectivity index (χ1v) is 7.13. The van der Waals surface area contributed by atoms with Gasteiger partial charge in [-0.25, -0.2) is 0 Å². The second-order valence-electron chi connectivity index (χ2n) is 4.96. The van der Waals surface area contributed by atoms with Gasteiger partial charge in [-0.3, -0.25) is 4.79 Å². The summed E-state index contributed by atoms with van der Waals surface area (Å²) in [6.45, 7) is 3.57. The lowest BCUT2D eigenvalue weighted by Gasteiger charge is -2.21. The summed E-state index contributed by atoms with van der Waals surface area (Å²) >= 11 is 0. The van der Waals surface area contributed by atoms with Crippen LogP contribution in [0.3, 0.4) is 0 Å². The van der Waals surface area contributed by atoms with Crippen molar-refractivity contribution in [1.82, 2.24) is 10.6 Å². The molecule has 1 heterocycles. The standard InChI is InChI=1S/C15H23N3O/c19-15(13-7-11-16-12-8-13)18-10-4-9-17-14-5-2-1-3-6-14/h1-3,5-6,13,16-17H,4,7-12H2,(H,18,19). The number of hydrogen-bond acceptors (Lipinski definition) is 3. The number of piperidine rings is 1. The molecule has 1 saturated heterocycles. The van der Waals surface area contributed by atoms with E-state index in [2.05, 4.69) is 16.0 Å². The maximum atomic E-state index is 11.9. The van der Waals surface area contributed by atoms with Crippen LogP contribution >= 0.6 is 0 Å². The van der Waals surface area contributed by atoms with Crippen LogP contribution in [0.25, 0.3) is 0 Å². The zero-order chi connectivity index (χ0) is 13.3. The van der Waals surface area contributed by atoms with Gasteiger partial charge in [-0.15, -0.1) is 0 Å². The second kappa shape index (κ2) is 7.79. The van der Waals surface area contributed by atoms with E-state index in [0.717, 1.165) is 51.1 Å². The van der Waals surface area contributed by atoms with E-state index < -0.39 is 0 Å². The summed E-state index contributed by atoms with van der Waals surface area (Å²) in [7, 11) is 0. The fraction of sp³-hybridized carbons (Fsp3) is 0.533. The number of anilines is 1. The van der Waals surface area contributed by atoms with Crippen molar-refractivity contribution in [3.05, 3.63) is 30.3 Å². The van der Waals surface area contributed by atoms with Gasteiger partial charge in [0.25, 0.3) is 0 Å². The topological polar surface area (TPSA) is 53.2 Å². The van der Waals surface area contributed by atoms with E-state index in [1.807, 2.05) is 30.3 Å². The molecular formula is C15H23N3O. The van der Waals surface area contributed by atoms with Gasteiger partial charge in [0, 0.05) is 24.7 Å². The summed E-state index contributed by atoms with van der Waals surface area (Å²) in [5.74, 6) is 0.435. The molecule has 0 spiro atoms. The zero-order valence-corrected chi connectivity index (χ0v) is 11.3. The van der Waals surface area contributed by atoms with Crippen molar-refractivity contribution >= 4 is 11.6 Å². The third-order valence-corrected chi connectivity index (χ3v) is 3.47. The van der Waals surface area contributed by atoms with E-state index >= 15 is 0 Å². The minimum atomic E-state index is 0.211. The van der Waals surface area contributed by atoms with Crippen molar-refractivity contribution in [1.29, 1.82) is 0 Å². The van der Waals surface area contributed by atoms with E-state index in [9.17, 15) is 4.79 Å². The average Bonchev–Trinajstić information content (AvgIpc) is 2.49. The van der Waals surface area contributed by atoms with Gasteiger partial charge < -0.3 is 16.0 Å². The molecule has 4 nitrogen and oxygen atoms in total. The number of para-hydroxylation sites is 1. The fourth-order valence-electron chi connectivity index (χ4n) is 2.32. The summed E-state index contributed by atoms with van der Waals surface area (Å²) in [6, 6.07) is 10.1. The Morgan fingerprint density at radius 3 is 2.63 bits per heavy atom. The van der Waals surface area contributed by atoms with E-state index in [-0.39, 0.29) is 11.8 Å². The minimum absolute atomic E-state index is 0.211. The lowest BCUT2D eigenvalue weighted by atomic mass is 9.97. The zero-order valence-electron chi connectivity index (χ0n) is 11.3. The van der Waals surface area contributed by atoms with Gasteiger partial charge in [-0.1, -0.05) is 18.2 Å². The molecule has 3 N–H and O–H groups in total. The number of carbonyl (C=O) groups is 1. The predicted octanol–water partition coefficient (Wildman–Crippen LogP) is 1.60. The van der Waals surface area contributed by atoms with E-state index in [1.165, 1.54) is 0 Å². The van der Waals surface area contributed by atoms with Crippen LogP contribution in [0, 0.1) is 5.92 Å². The molecule has 104 valence electrons. The van der Waals surface area contributed by atoms with Crippen LogP contribution in [0.4, 0.5) is 5.69 Å². The van der Waals surface area contributed by atoms with E-state index in [1.54, 1.807) is 0 Å². The number of rotatable bonds is 6. The lowest BCUT2D eigenvalue weighted by molar-refractivity contribution is -0.125. The molecule has 0 unspecified atom stereocenters. The van der Waals surface area contributed by atoms with Gasteiger partial charge in [0.15, 0.2) is 0 Å². The first-order chi connectivity index (χ1) is 9.36. The molecule has 0 aromatic heterocycles. The minimum Gasteiger partial charge on any atom is -0.385 e. The lowest BCUT2D eigenvalue weighted by Crippen LogP contribution is -2.38. The van der Waals surface area contributed by atoms with Crippen LogP contribution in [-0.4, -0.2) is 32.1 Å². The second-order valence-corrected chi connectivity index (χ2v) is 4.96. The SMILES string of the molecule is O=C(NCCCNc1ccccc1)C1CCNCC1. The Hall–Kier alpha value is -1.55. The van der Waals surface area contributed by atoms with Crippen LogP contribution < -0.4 is 16.0 Å². The number of carbonyl (C=O) groups excluding carboxylic acids is 1. The molecule has 1 aromatic carbocycles. The van der Waals surface area contributed by atoms with Crippen LogP contribution in [0.1, 0.15) is 19.3 Å². The molecule has 0 atom stereocenters. The molecule has 19 heavy (non-hydrogen) atoms. The maximum absolute atomic E-state index is 11.9. The highest BCUT2D eigenvalue weighted by Crippen LogP contribution is 2.11. The van der Waals surface area contributed by atoms with Crippen molar-refractivity contribution in [2.24, 2.45) is 5.92 Å². The average molecular weight is 261 g/mol. The van der Waals surface area contributed by atoms with Gasteiger partial charge in [0.1, 0.15) is 0 Å². The predicted molar refractivity (Wildman–Crippen MR) is 78.2 cm³/mol. The number of benzene rings is 1.